The van der Waals surface area contributed by atoms with Crippen LogP contribution in [0, 0.1) is 17.7 Å². The maximum Gasteiger partial charge on any atom is 0.258 e. The van der Waals surface area contributed by atoms with Crippen LogP contribution in [-0.2, 0) is 16.1 Å². The van der Waals surface area contributed by atoms with Crippen LogP contribution in [0.3, 0.4) is 0 Å². The van der Waals surface area contributed by atoms with E-state index in [1.165, 1.54) is 17.7 Å². The van der Waals surface area contributed by atoms with Gasteiger partial charge in [-0.3, -0.25) is 9.59 Å². The molecule has 170 valence electrons. The van der Waals surface area contributed by atoms with Gasteiger partial charge < -0.3 is 15.4 Å². The molecule has 32 heavy (non-hydrogen) atoms. The molecule has 1 atom stereocenters. The van der Waals surface area contributed by atoms with E-state index in [9.17, 15) is 14.0 Å². The third kappa shape index (κ3) is 4.90. The SMILES string of the molecule is CC(C)c1ccc(CNC(=O)C2CC3(NC(=O)COc4ccc(Cl)c(F)c4)CC2C3)cc1. The van der Waals surface area contributed by atoms with Gasteiger partial charge in [0.15, 0.2) is 6.61 Å². The van der Waals surface area contributed by atoms with Crippen LogP contribution in [0.15, 0.2) is 42.5 Å². The summed E-state index contributed by atoms with van der Waals surface area (Å²) >= 11 is 5.65. The van der Waals surface area contributed by atoms with Crippen molar-refractivity contribution < 1.29 is 18.7 Å². The summed E-state index contributed by atoms with van der Waals surface area (Å²) in [6, 6.07) is 12.4. The molecule has 0 saturated heterocycles. The van der Waals surface area contributed by atoms with E-state index in [1.807, 2.05) is 0 Å². The minimum Gasteiger partial charge on any atom is -0.484 e. The van der Waals surface area contributed by atoms with E-state index in [0.29, 0.717) is 24.8 Å². The topological polar surface area (TPSA) is 67.4 Å². The summed E-state index contributed by atoms with van der Waals surface area (Å²) in [4.78, 5) is 25.1. The summed E-state index contributed by atoms with van der Waals surface area (Å²) in [5.74, 6) is 0.116. The summed E-state index contributed by atoms with van der Waals surface area (Å²) in [7, 11) is 0. The molecule has 5 nitrogen and oxygen atoms in total. The molecule has 3 saturated carbocycles. The van der Waals surface area contributed by atoms with E-state index in [-0.39, 0.29) is 40.7 Å². The number of carbonyl (C=O) groups is 2. The Morgan fingerprint density at radius 1 is 1.16 bits per heavy atom. The lowest BCUT2D eigenvalue weighted by atomic mass is 9.76. The summed E-state index contributed by atoms with van der Waals surface area (Å²) in [6.07, 6.45) is 2.24. The molecule has 3 aliphatic carbocycles. The van der Waals surface area contributed by atoms with Crippen molar-refractivity contribution in [2.75, 3.05) is 6.61 Å². The molecule has 2 bridgehead atoms. The van der Waals surface area contributed by atoms with E-state index in [4.69, 9.17) is 16.3 Å². The van der Waals surface area contributed by atoms with Crippen molar-refractivity contribution in [3.63, 3.8) is 0 Å². The third-order valence-corrected chi connectivity index (χ3v) is 6.91. The van der Waals surface area contributed by atoms with Gasteiger partial charge in [-0.05, 0) is 54.4 Å². The molecular weight excluding hydrogens is 431 g/mol. The Balaban J connectivity index is 1.23. The largest absolute Gasteiger partial charge is 0.484 e. The minimum atomic E-state index is -0.592. The van der Waals surface area contributed by atoms with Gasteiger partial charge in [-0.2, -0.15) is 0 Å². The molecule has 7 heteroatoms. The molecule has 0 aromatic heterocycles. The van der Waals surface area contributed by atoms with Crippen molar-refractivity contribution in [1.82, 2.24) is 10.6 Å². The molecule has 0 spiro atoms. The minimum absolute atomic E-state index is 0.00375. The van der Waals surface area contributed by atoms with E-state index in [2.05, 4.69) is 48.7 Å². The number of fused-ring (bicyclic) bond motifs is 1. The zero-order valence-electron chi connectivity index (χ0n) is 18.3. The number of rotatable bonds is 8. The first-order valence-corrected chi connectivity index (χ1v) is 11.4. The Labute approximate surface area is 192 Å². The highest BCUT2D eigenvalue weighted by Gasteiger charge is 2.58. The zero-order valence-corrected chi connectivity index (χ0v) is 19.0. The molecule has 2 amide bonds. The normalized spacial score (nSPS) is 23.5. The number of hydrogen-bond donors (Lipinski definition) is 2. The van der Waals surface area contributed by atoms with Gasteiger partial charge in [-0.1, -0.05) is 49.7 Å². The second-order valence-corrected chi connectivity index (χ2v) is 9.69. The first kappa shape index (κ1) is 22.6. The molecule has 3 fully saturated rings. The molecule has 0 radical (unpaired) electrons. The van der Waals surface area contributed by atoms with Gasteiger partial charge in [0.05, 0.1) is 5.02 Å². The van der Waals surface area contributed by atoms with Crippen molar-refractivity contribution in [2.45, 2.75) is 51.1 Å². The third-order valence-electron chi connectivity index (χ3n) is 6.60. The number of benzene rings is 2. The Morgan fingerprint density at radius 3 is 2.53 bits per heavy atom. The van der Waals surface area contributed by atoms with Crippen LogP contribution < -0.4 is 15.4 Å². The first-order valence-electron chi connectivity index (χ1n) is 11.0. The van der Waals surface area contributed by atoms with Crippen molar-refractivity contribution >= 4 is 23.4 Å². The fraction of sp³-hybridized carbons (Fsp3) is 0.440. The van der Waals surface area contributed by atoms with Gasteiger partial charge in [0.25, 0.3) is 5.91 Å². The highest BCUT2D eigenvalue weighted by atomic mass is 35.5. The van der Waals surface area contributed by atoms with Gasteiger partial charge in [0.1, 0.15) is 11.6 Å². The Kier molecular flexibility index (Phi) is 6.42. The average Bonchev–Trinajstić information content (AvgIpc) is 3.29. The number of nitrogens with one attached hydrogen (secondary N) is 2. The predicted octanol–water partition coefficient (Wildman–Crippen LogP) is 4.58. The maximum atomic E-state index is 13.5. The smallest absolute Gasteiger partial charge is 0.258 e. The summed E-state index contributed by atoms with van der Waals surface area (Å²) < 4.78 is 18.9. The van der Waals surface area contributed by atoms with E-state index in [1.54, 1.807) is 0 Å². The van der Waals surface area contributed by atoms with Crippen LogP contribution in [0.2, 0.25) is 5.02 Å². The van der Waals surface area contributed by atoms with Crippen molar-refractivity contribution in [1.29, 1.82) is 0 Å². The monoisotopic (exact) mass is 458 g/mol. The Bertz CT molecular complexity index is 1000. The number of carbonyl (C=O) groups excluding carboxylic acids is 2. The van der Waals surface area contributed by atoms with Crippen LogP contribution in [0.4, 0.5) is 4.39 Å². The summed E-state index contributed by atoms with van der Waals surface area (Å²) in [5.41, 5.74) is 2.02. The predicted molar refractivity (Wildman–Crippen MR) is 121 cm³/mol. The van der Waals surface area contributed by atoms with Crippen LogP contribution in [-0.4, -0.2) is 24.0 Å². The van der Waals surface area contributed by atoms with E-state index < -0.39 is 5.82 Å². The molecule has 2 N–H and O–H groups in total. The van der Waals surface area contributed by atoms with Crippen LogP contribution in [0.25, 0.3) is 0 Å². The van der Waals surface area contributed by atoms with Gasteiger partial charge in [0, 0.05) is 24.1 Å². The standard InChI is InChI=1S/C25H28ClFN2O3/c1-15(2)17-5-3-16(4-6-17)13-28-24(31)20-12-25(10-18(20)11-25)29-23(30)14-32-19-7-8-21(26)22(27)9-19/h3-9,15,18,20H,10-14H2,1-2H3,(H,28,31)(H,29,30). The molecule has 2 aromatic carbocycles. The zero-order chi connectivity index (χ0) is 22.9. The number of hydrogen-bond acceptors (Lipinski definition) is 3. The molecule has 2 aromatic rings. The van der Waals surface area contributed by atoms with Gasteiger partial charge >= 0.3 is 0 Å². The Hall–Kier alpha value is -2.60. The highest BCUT2D eigenvalue weighted by Crippen LogP contribution is 2.55. The fourth-order valence-corrected chi connectivity index (χ4v) is 4.95. The lowest BCUT2D eigenvalue weighted by Gasteiger charge is -2.39. The molecular formula is C25H28ClFN2O3. The maximum absolute atomic E-state index is 13.5. The quantitative estimate of drug-likeness (QED) is 0.608. The highest BCUT2D eigenvalue weighted by molar-refractivity contribution is 6.30. The lowest BCUT2D eigenvalue weighted by molar-refractivity contribution is -0.126. The molecule has 0 aliphatic heterocycles. The fourth-order valence-electron chi connectivity index (χ4n) is 4.83. The van der Waals surface area contributed by atoms with Crippen LogP contribution in [0.1, 0.15) is 50.2 Å². The first-order chi connectivity index (χ1) is 15.2. The number of ether oxygens (including phenoxy) is 1. The molecule has 0 heterocycles. The lowest BCUT2D eigenvalue weighted by Crippen LogP contribution is -2.53. The second kappa shape index (κ2) is 9.10. The van der Waals surface area contributed by atoms with Crippen molar-refractivity contribution in [3.05, 3.63) is 64.4 Å². The second-order valence-electron chi connectivity index (χ2n) is 9.29. The molecule has 1 unspecified atom stereocenters. The molecule has 5 rings (SSSR count). The molecule has 3 aliphatic rings. The van der Waals surface area contributed by atoms with Gasteiger partial charge in [-0.25, -0.2) is 4.39 Å². The summed E-state index contributed by atoms with van der Waals surface area (Å²) in [6.45, 7) is 4.60. The van der Waals surface area contributed by atoms with E-state index in [0.717, 1.165) is 24.5 Å². The van der Waals surface area contributed by atoms with E-state index >= 15 is 0 Å². The van der Waals surface area contributed by atoms with Crippen LogP contribution >= 0.6 is 11.6 Å². The Morgan fingerprint density at radius 2 is 1.88 bits per heavy atom. The number of halogens is 2. The average molecular weight is 459 g/mol. The van der Waals surface area contributed by atoms with Gasteiger partial charge in [-0.15, -0.1) is 0 Å². The van der Waals surface area contributed by atoms with Crippen molar-refractivity contribution in [3.8, 4) is 5.75 Å². The number of amides is 2. The van der Waals surface area contributed by atoms with Gasteiger partial charge in [0.2, 0.25) is 5.91 Å². The summed E-state index contributed by atoms with van der Waals surface area (Å²) in [5, 5.41) is 6.08. The van der Waals surface area contributed by atoms with Crippen molar-refractivity contribution in [2.24, 2.45) is 11.8 Å². The van der Waals surface area contributed by atoms with Crippen LogP contribution in [0.5, 0.6) is 5.75 Å².